The molecule has 2 fully saturated rings. The summed E-state index contributed by atoms with van der Waals surface area (Å²) < 4.78 is 0. The van der Waals surface area contributed by atoms with Crippen LogP contribution in [0.3, 0.4) is 0 Å². The number of rotatable bonds is 3. The fraction of sp³-hybridized carbons (Fsp3) is 0.833. The Morgan fingerprint density at radius 3 is 2.50 bits per heavy atom. The highest BCUT2D eigenvalue weighted by Gasteiger charge is 2.45. The quantitative estimate of drug-likeness (QED) is 0.748. The van der Waals surface area contributed by atoms with Gasteiger partial charge in [0.1, 0.15) is 5.54 Å². The molecule has 0 aliphatic heterocycles. The van der Waals surface area contributed by atoms with Crippen LogP contribution in [0.1, 0.15) is 44.9 Å². The van der Waals surface area contributed by atoms with Crippen LogP contribution in [-0.2, 0) is 4.79 Å². The number of nitrogens with two attached hydrogens (primary N) is 1. The lowest BCUT2D eigenvalue weighted by Crippen LogP contribution is -2.50. The van der Waals surface area contributed by atoms with Gasteiger partial charge in [0, 0.05) is 0 Å². The van der Waals surface area contributed by atoms with Crippen LogP contribution >= 0.6 is 0 Å². The van der Waals surface area contributed by atoms with Crippen molar-refractivity contribution in [3.63, 3.8) is 0 Å². The van der Waals surface area contributed by atoms with Crippen molar-refractivity contribution in [1.29, 1.82) is 5.26 Å². The molecule has 0 spiro atoms. The third-order valence-electron chi connectivity index (χ3n) is 3.79. The van der Waals surface area contributed by atoms with E-state index in [-0.39, 0.29) is 5.91 Å². The Balaban J connectivity index is 1.86. The minimum absolute atomic E-state index is 0.133. The first-order valence-electron chi connectivity index (χ1n) is 6.16. The molecule has 4 nitrogen and oxygen atoms in total. The van der Waals surface area contributed by atoms with Gasteiger partial charge in [-0.15, -0.1) is 0 Å². The van der Waals surface area contributed by atoms with Gasteiger partial charge in [-0.1, -0.05) is 19.3 Å². The van der Waals surface area contributed by atoms with E-state index in [1.807, 2.05) is 0 Å². The monoisotopic (exact) mass is 221 g/mol. The number of carbonyl (C=O) groups is 1. The second kappa shape index (κ2) is 4.42. The highest BCUT2D eigenvalue weighted by molar-refractivity contribution is 5.83. The van der Waals surface area contributed by atoms with E-state index in [0.29, 0.717) is 5.92 Å². The van der Waals surface area contributed by atoms with Gasteiger partial charge in [-0.05, 0) is 31.6 Å². The van der Waals surface area contributed by atoms with E-state index < -0.39 is 11.6 Å². The number of carbonyl (C=O) groups excluding carboxylic acids is 1. The molecule has 4 heteroatoms. The summed E-state index contributed by atoms with van der Waals surface area (Å²) in [6.07, 6.45) is 7.25. The van der Waals surface area contributed by atoms with Gasteiger partial charge >= 0.3 is 0 Å². The number of nitrogens with zero attached hydrogens (tertiary/aromatic N) is 1. The predicted octanol–water partition coefficient (Wildman–Crippen LogP) is 1.07. The number of nitrogens with one attached hydrogen (secondary N) is 1. The van der Waals surface area contributed by atoms with E-state index in [9.17, 15) is 4.79 Å². The molecule has 3 N–H and O–H groups in total. The van der Waals surface area contributed by atoms with Crippen molar-refractivity contribution in [2.45, 2.75) is 56.5 Å². The smallest absolute Gasteiger partial charge is 0.238 e. The van der Waals surface area contributed by atoms with Crippen LogP contribution in [0.15, 0.2) is 0 Å². The molecular weight excluding hydrogens is 202 g/mol. The van der Waals surface area contributed by atoms with Gasteiger partial charge in [0.25, 0.3) is 0 Å². The molecule has 2 saturated carbocycles. The largest absolute Gasteiger partial charge is 0.336 e. The molecule has 0 saturated heterocycles. The number of nitriles is 1. The third kappa shape index (κ3) is 2.35. The molecule has 0 aromatic rings. The Morgan fingerprint density at radius 2 is 2.00 bits per heavy atom. The van der Waals surface area contributed by atoms with Crippen molar-refractivity contribution in [3.8, 4) is 6.07 Å². The fourth-order valence-electron chi connectivity index (χ4n) is 2.42. The number of hydrogen-bond donors (Lipinski definition) is 2. The van der Waals surface area contributed by atoms with Gasteiger partial charge in [-0.25, -0.2) is 0 Å². The molecule has 1 atom stereocenters. The van der Waals surface area contributed by atoms with E-state index in [2.05, 4.69) is 11.4 Å². The first kappa shape index (κ1) is 11.4. The minimum Gasteiger partial charge on any atom is -0.336 e. The summed E-state index contributed by atoms with van der Waals surface area (Å²) in [6, 6.07) is 1.73. The van der Waals surface area contributed by atoms with E-state index >= 15 is 0 Å². The van der Waals surface area contributed by atoms with E-state index in [4.69, 9.17) is 11.0 Å². The van der Waals surface area contributed by atoms with Gasteiger partial charge in [0.15, 0.2) is 0 Å². The molecule has 88 valence electrons. The maximum absolute atomic E-state index is 11.9. The Labute approximate surface area is 96.2 Å². The summed E-state index contributed by atoms with van der Waals surface area (Å²) in [6.45, 7) is 0. The highest BCUT2D eigenvalue weighted by atomic mass is 16.2. The zero-order chi connectivity index (χ0) is 11.6. The zero-order valence-electron chi connectivity index (χ0n) is 9.54. The summed E-state index contributed by atoms with van der Waals surface area (Å²) in [5, 5.41) is 11.7. The molecule has 2 aliphatic carbocycles. The lowest BCUT2D eigenvalue weighted by Gasteiger charge is -2.27. The second-order valence-corrected chi connectivity index (χ2v) is 5.11. The molecule has 16 heavy (non-hydrogen) atoms. The van der Waals surface area contributed by atoms with Crippen LogP contribution in [0.25, 0.3) is 0 Å². The van der Waals surface area contributed by atoms with Crippen LogP contribution in [0.4, 0.5) is 0 Å². The molecule has 0 aromatic carbocycles. The molecule has 2 rings (SSSR count). The normalized spacial score (nSPS) is 25.5. The topological polar surface area (TPSA) is 78.9 Å². The highest BCUT2D eigenvalue weighted by Crippen LogP contribution is 2.35. The van der Waals surface area contributed by atoms with Crippen molar-refractivity contribution < 1.29 is 4.79 Å². The Morgan fingerprint density at radius 1 is 1.38 bits per heavy atom. The van der Waals surface area contributed by atoms with E-state index in [1.54, 1.807) is 0 Å². The van der Waals surface area contributed by atoms with Crippen LogP contribution in [0.5, 0.6) is 0 Å². The molecule has 0 radical (unpaired) electrons. The first-order valence-corrected chi connectivity index (χ1v) is 6.16. The molecule has 0 unspecified atom stereocenters. The summed E-state index contributed by atoms with van der Waals surface area (Å²) in [4.78, 5) is 11.9. The summed E-state index contributed by atoms with van der Waals surface area (Å²) in [7, 11) is 0. The third-order valence-corrected chi connectivity index (χ3v) is 3.79. The van der Waals surface area contributed by atoms with Gasteiger partial charge in [0.05, 0.1) is 12.1 Å². The second-order valence-electron chi connectivity index (χ2n) is 5.11. The van der Waals surface area contributed by atoms with Crippen molar-refractivity contribution >= 4 is 5.91 Å². The first-order chi connectivity index (χ1) is 7.67. The minimum atomic E-state index is -0.580. The average molecular weight is 221 g/mol. The summed E-state index contributed by atoms with van der Waals surface area (Å²) >= 11 is 0. The van der Waals surface area contributed by atoms with Gasteiger partial charge in [0.2, 0.25) is 5.91 Å². The van der Waals surface area contributed by atoms with Crippen molar-refractivity contribution in [1.82, 2.24) is 5.32 Å². The average Bonchev–Trinajstić information content (AvgIpc) is 3.09. The SMILES string of the molecule is N#CC1(NC(=O)[C@@H](N)C2CCCCC2)CC1. The maximum Gasteiger partial charge on any atom is 0.238 e. The molecule has 0 aromatic heterocycles. The number of hydrogen-bond acceptors (Lipinski definition) is 3. The lowest BCUT2D eigenvalue weighted by molar-refractivity contribution is -0.124. The lowest BCUT2D eigenvalue weighted by atomic mass is 9.84. The van der Waals surface area contributed by atoms with Crippen LogP contribution in [-0.4, -0.2) is 17.5 Å². The van der Waals surface area contributed by atoms with Crippen LogP contribution in [0.2, 0.25) is 0 Å². The van der Waals surface area contributed by atoms with Crippen LogP contribution in [0, 0.1) is 17.2 Å². The standard InChI is InChI=1S/C12H19N3O/c13-8-12(6-7-12)15-11(16)10(14)9-4-2-1-3-5-9/h9-10H,1-7,14H2,(H,15,16)/t10-/m0/s1. The summed E-state index contributed by atoms with van der Waals surface area (Å²) in [5.41, 5.74) is 5.38. The molecule has 0 heterocycles. The van der Waals surface area contributed by atoms with Gasteiger partial charge < -0.3 is 11.1 Å². The molecule has 0 bridgehead atoms. The van der Waals surface area contributed by atoms with Gasteiger partial charge in [-0.3, -0.25) is 4.79 Å². The molecule has 1 amide bonds. The van der Waals surface area contributed by atoms with Crippen LogP contribution < -0.4 is 11.1 Å². The van der Waals surface area contributed by atoms with E-state index in [0.717, 1.165) is 25.7 Å². The Bertz CT molecular complexity index is 311. The van der Waals surface area contributed by atoms with Crippen molar-refractivity contribution in [2.75, 3.05) is 0 Å². The van der Waals surface area contributed by atoms with E-state index in [1.165, 1.54) is 19.3 Å². The molecular formula is C12H19N3O. The Hall–Kier alpha value is -1.08. The van der Waals surface area contributed by atoms with Crippen molar-refractivity contribution in [2.24, 2.45) is 11.7 Å². The number of amides is 1. The Kier molecular flexibility index (Phi) is 3.15. The summed E-state index contributed by atoms with van der Waals surface area (Å²) in [5.74, 6) is 0.175. The van der Waals surface area contributed by atoms with Crippen molar-refractivity contribution in [3.05, 3.63) is 0 Å². The maximum atomic E-state index is 11.9. The predicted molar refractivity (Wildman–Crippen MR) is 60.3 cm³/mol. The zero-order valence-corrected chi connectivity index (χ0v) is 9.54. The molecule has 2 aliphatic rings. The van der Waals surface area contributed by atoms with Gasteiger partial charge in [-0.2, -0.15) is 5.26 Å². The fourth-order valence-corrected chi connectivity index (χ4v) is 2.42.